The predicted molar refractivity (Wildman–Crippen MR) is 109 cm³/mol. The van der Waals surface area contributed by atoms with Crippen molar-refractivity contribution in [1.82, 2.24) is 9.97 Å². The number of thiophene rings is 1. The van der Waals surface area contributed by atoms with Crippen molar-refractivity contribution in [2.45, 2.75) is 13.8 Å². The molecule has 4 aromatic rings. The Morgan fingerprint density at radius 2 is 1.81 bits per heavy atom. The molecule has 0 aliphatic carbocycles. The molecule has 2 heterocycles. The highest BCUT2D eigenvalue weighted by atomic mass is 35.5. The largest absolute Gasteiger partial charge is 0.508 e. The van der Waals surface area contributed by atoms with Gasteiger partial charge in [-0.05, 0) is 43.1 Å². The summed E-state index contributed by atoms with van der Waals surface area (Å²) in [5.41, 5.74) is 4.16. The monoisotopic (exact) mass is 381 g/mol. The van der Waals surface area contributed by atoms with E-state index in [1.54, 1.807) is 29.5 Å². The van der Waals surface area contributed by atoms with Crippen molar-refractivity contribution in [2.75, 3.05) is 5.32 Å². The highest BCUT2D eigenvalue weighted by Gasteiger charge is 2.18. The van der Waals surface area contributed by atoms with E-state index in [4.69, 9.17) is 11.6 Å². The standard InChI is InChI=1S/C20H16ClN3OS/c1-11-6-8-13(9-7-11)16-12(2)26-19-17(16)18(23-20(21)24-19)22-14-4-3-5-15(25)10-14/h3-10,25H,1-2H3,(H,22,23,24). The van der Waals surface area contributed by atoms with Crippen LogP contribution in [-0.2, 0) is 0 Å². The highest BCUT2D eigenvalue weighted by molar-refractivity contribution is 7.19. The molecule has 0 fully saturated rings. The molecule has 26 heavy (non-hydrogen) atoms. The van der Waals surface area contributed by atoms with Crippen molar-refractivity contribution in [3.8, 4) is 16.9 Å². The van der Waals surface area contributed by atoms with E-state index in [-0.39, 0.29) is 11.0 Å². The van der Waals surface area contributed by atoms with E-state index < -0.39 is 0 Å². The van der Waals surface area contributed by atoms with Crippen molar-refractivity contribution in [3.63, 3.8) is 0 Å². The molecule has 0 atom stereocenters. The summed E-state index contributed by atoms with van der Waals surface area (Å²) in [7, 11) is 0. The number of hydrogen-bond acceptors (Lipinski definition) is 5. The number of aromatic nitrogens is 2. The number of nitrogens with zero attached hydrogens (tertiary/aromatic N) is 2. The van der Waals surface area contributed by atoms with Crippen LogP contribution < -0.4 is 5.32 Å². The minimum Gasteiger partial charge on any atom is -0.508 e. The number of nitrogens with one attached hydrogen (secondary N) is 1. The predicted octanol–water partition coefficient (Wildman–Crippen LogP) is 6.08. The lowest BCUT2D eigenvalue weighted by Crippen LogP contribution is -1.97. The lowest BCUT2D eigenvalue weighted by Gasteiger charge is -2.10. The Bertz CT molecular complexity index is 1110. The maximum Gasteiger partial charge on any atom is 0.225 e. The number of anilines is 2. The van der Waals surface area contributed by atoms with Gasteiger partial charge in [0.2, 0.25) is 5.28 Å². The number of hydrogen-bond donors (Lipinski definition) is 2. The molecule has 2 aromatic heterocycles. The van der Waals surface area contributed by atoms with E-state index in [1.165, 1.54) is 5.56 Å². The van der Waals surface area contributed by atoms with Gasteiger partial charge in [-0.25, -0.2) is 4.98 Å². The fourth-order valence-electron chi connectivity index (χ4n) is 2.96. The molecule has 0 spiro atoms. The summed E-state index contributed by atoms with van der Waals surface area (Å²) >= 11 is 7.74. The minimum absolute atomic E-state index is 0.187. The lowest BCUT2D eigenvalue weighted by atomic mass is 10.0. The SMILES string of the molecule is Cc1ccc(-c2c(C)sc3nc(Cl)nc(Nc4cccc(O)c4)c23)cc1. The highest BCUT2D eigenvalue weighted by Crippen LogP contribution is 2.42. The number of phenolic OH excluding ortho intramolecular Hbond substituents is 1. The van der Waals surface area contributed by atoms with Gasteiger partial charge in [-0.1, -0.05) is 35.9 Å². The Morgan fingerprint density at radius 3 is 2.54 bits per heavy atom. The van der Waals surface area contributed by atoms with Crippen LogP contribution in [0.1, 0.15) is 10.4 Å². The number of aryl methyl sites for hydroxylation is 2. The van der Waals surface area contributed by atoms with Crippen LogP contribution in [0.5, 0.6) is 5.75 Å². The Labute approximate surface area is 160 Å². The third-order valence-electron chi connectivity index (χ3n) is 4.15. The Kier molecular flexibility index (Phi) is 4.26. The number of fused-ring (bicyclic) bond motifs is 1. The molecular formula is C20H16ClN3OS. The number of benzene rings is 2. The van der Waals surface area contributed by atoms with Crippen LogP contribution in [0.3, 0.4) is 0 Å². The van der Waals surface area contributed by atoms with E-state index in [1.807, 2.05) is 6.07 Å². The molecule has 0 amide bonds. The average molecular weight is 382 g/mol. The third-order valence-corrected chi connectivity index (χ3v) is 5.32. The maximum absolute atomic E-state index is 9.72. The van der Waals surface area contributed by atoms with Crippen LogP contribution in [0, 0.1) is 13.8 Å². The van der Waals surface area contributed by atoms with Crippen LogP contribution in [0.15, 0.2) is 48.5 Å². The number of aromatic hydroxyl groups is 1. The first-order chi connectivity index (χ1) is 12.5. The van der Waals surface area contributed by atoms with Gasteiger partial charge >= 0.3 is 0 Å². The summed E-state index contributed by atoms with van der Waals surface area (Å²) in [6, 6.07) is 15.3. The molecule has 6 heteroatoms. The molecule has 2 N–H and O–H groups in total. The van der Waals surface area contributed by atoms with E-state index in [9.17, 15) is 5.11 Å². The minimum atomic E-state index is 0.187. The summed E-state index contributed by atoms with van der Waals surface area (Å²) < 4.78 is 0. The van der Waals surface area contributed by atoms with Gasteiger partial charge in [0, 0.05) is 22.2 Å². The molecule has 0 radical (unpaired) electrons. The fraction of sp³-hybridized carbons (Fsp3) is 0.100. The average Bonchev–Trinajstić information content (AvgIpc) is 2.91. The molecule has 130 valence electrons. The molecule has 2 aromatic carbocycles. The first-order valence-electron chi connectivity index (χ1n) is 8.11. The summed E-state index contributed by atoms with van der Waals surface area (Å²) in [6.45, 7) is 4.15. The normalized spacial score (nSPS) is 11.0. The van der Waals surface area contributed by atoms with Crippen LogP contribution in [0.2, 0.25) is 5.28 Å². The van der Waals surface area contributed by atoms with Gasteiger partial charge in [0.1, 0.15) is 16.4 Å². The van der Waals surface area contributed by atoms with E-state index in [0.717, 1.165) is 31.9 Å². The molecule has 0 bridgehead atoms. The Morgan fingerprint density at radius 1 is 1.04 bits per heavy atom. The van der Waals surface area contributed by atoms with Gasteiger partial charge in [-0.2, -0.15) is 4.98 Å². The lowest BCUT2D eigenvalue weighted by molar-refractivity contribution is 0.475. The molecule has 4 nitrogen and oxygen atoms in total. The molecule has 0 aliphatic heterocycles. The molecule has 0 unspecified atom stereocenters. The van der Waals surface area contributed by atoms with Crippen molar-refractivity contribution < 1.29 is 5.11 Å². The number of rotatable bonds is 3. The molecule has 0 aliphatic rings. The van der Waals surface area contributed by atoms with Crippen molar-refractivity contribution >= 4 is 44.7 Å². The topological polar surface area (TPSA) is 58.0 Å². The summed E-state index contributed by atoms with van der Waals surface area (Å²) in [6.07, 6.45) is 0. The smallest absolute Gasteiger partial charge is 0.225 e. The molecular weight excluding hydrogens is 366 g/mol. The van der Waals surface area contributed by atoms with Gasteiger partial charge in [0.05, 0.1) is 5.39 Å². The van der Waals surface area contributed by atoms with Crippen molar-refractivity contribution in [3.05, 3.63) is 64.3 Å². The van der Waals surface area contributed by atoms with Gasteiger partial charge in [0.15, 0.2) is 0 Å². The molecule has 0 saturated carbocycles. The van der Waals surface area contributed by atoms with Crippen LogP contribution in [-0.4, -0.2) is 15.1 Å². The quantitative estimate of drug-likeness (QED) is 0.422. The molecule has 4 rings (SSSR count). The second kappa shape index (κ2) is 6.59. The van der Waals surface area contributed by atoms with Gasteiger partial charge in [-0.15, -0.1) is 11.3 Å². The Balaban J connectivity index is 1.93. The van der Waals surface area contributed by atoms with Gasteiger partial charge < -0.3 is 10.4 Å². The number of halogens is 1. The first kappa shape index (κ1) is 16.8. The van der Waals surface area contributed by atoms with Crippen molar-refractivity contribution in [2.24, 2.45) is 0 Å². The zero-order valence-electron chi connectivity index (χ0n) is 14.2. The summed E-state index contributed by atoms with van der Waals surface area (Å²) in [4.78, 5) is 10.8. The van der Waals surface area contributed by atoms with Crippen molar-refractivity contribution in [1.29, 1.82) is 0 Å². The number of phenols is 1. The zero-order valence-corrected chi connectivity index (χ0v) is 15.8. The third kappa shape index (κ3) is 3.11. The second-order valence-electron chi connectivity index (χ2n) is 6.10. The Hall–Kier alpha value is -2.63. The maximum atomic E-state index is 9.72. The second-order valence-corrected chi connectivity index (χ2v) is 7.64. The summed E-state index contributed by atoms with van der Waals surface area (Å²) in [5.74, 6) is 0.817. The van der Waals surface area contributed by atoms with E-state index in [0.29, 0.717) is 5.82 Å². The zero-order chi connectivity index (χ0) is 18.3. The van der Waals surface area contributed by atoms with Crippen LogP contribution in [0.4, 0.5) is 11.5 Å². The van der Waals surface area contributed by atoms with Crippen LogP contribution in [0.25, 0.3) is 21.3 Å². The van der Waals surface area contributed by atoms with E-state index in [2.05, 4.69) is 53.4 Å². The summed E-state index contributed by atoms with van der Waals surface area (Å²) in [5, 5.41) is 14.1. The first-order valence-corrected chi connectivity index (χ1v) is 9.30. The van der Waals surface area contributed by atoms with E-state index >= 15 is 0 Å². The van der Waals surface area contributed by atoms with Crippen LogP contribution >= 0.6 is 22.9 Å². The molecule has 0 saturated heterocycles. The van der Waals surface area contributed by atoms with Gasteiger partial charge in [0.25, 0.3) is 0 Å². The fourth-order valence-corrected chi connectivity index (χ4v) is 4.23. The van der Waals surface area contributed by atoms with Gasteiger partial charge in [-0.3, -0.25) is 0 Å².